The van der Waals surface area contributed by atoms with Crippen molar-refractivity contribution in [3.05, 3.63) is 29.5 Å². The highest BCUT2D eigenvalue weighted by molar-refractivity contribution is 7.80. The van der Waals surface area contributed by atoms with Crippen LogP contribution in [0.4, 0.5) is 0 Å². The SMILES string of the molecule is CCOc1cc(/C=C2\NC(=S)N(CC(=O)OC)C2=O)ccc1O. The van der Waals surface area contributed by atoms with Crippen LogP contribution in [0.1, 0.15) is 12.5 Å². The Morgan fingerprint density at radius 2 is 2.22 bits per heavy atom. The highest BCUT2D eigenvalue weighted by atomic mass is 32.1. The molecular formula is C15H16N2O5S. The number of aromatic hydroxyl groups is 1. The fraction of sp³-hybridized carbons (Fsp3) is 0.267. The predicted octanol–water partition coefficient (Wildman–Crippen LogP) is 1.02. The van der Waals surface area contributed by atoms with Gasteiger partial charge in [-0.2, -0.15) is 0 Å². The zero-order valence-electron chi connectivity index (χ0n) is 12.7. The molecule has 1 aliphatic heterocycles. The monoisotopic (exact) mass is 336 g/mol. The highest BCUT2D eigenvalue weighted by Crippen LogP contribution is 2.28. The summed E-state index contributed by atoms with van der Waals surface area (Å²) < 4.78 is 9.83. The van der Waals surface area contributed by atoms with E-state index < -0.39 is 11.9 Å². The Morgan fingerprint density at radius 3 is 2.87 bits per heavy atom. The Bertz CT molecular complexity index is 686. The first-order valence-corrected chi connectivity index (χ1v) is 7.24. The summed E-state index contributed by atoms with van der Waals surface area (Å²) in [5.41, 5.74) is 0.872. The lowest BCUT2D eigenvalue weighted by atomic mass is 10.1. The zero-order valence-corrected chi connectivity index (χ0v) is 13.5. The van der Waals surface area contributed by atoms with Crippen molar-refractivity contribution < 1.29 is 24.2 Å². The van der Waals surface area contributed by atoms with E-state index in [0.29, 0.717) is 17.9 Å². The molecule has 1 fully saturated rings. The molecule has 7 nitrogen and oxygen atoms in total. The number of phenols is 1. The fourth-order valence-corrected chi connectivity index (χ4v) is 2.22. The molecule has 0 unspecified atom stereocenters. The number of phenolic OH excluding ortho intramolecular Hbond substituents is 1. The van der Waals surface area contributed by atoms with Gasteiger partial charge in [0.2, 0.25) is 0 Å². The molecule has 1 aromatic rings. The Balaban J connectivity index is 2.23. The Morgan fingerprint density at radius 1 is 1.48 bits per heavy atom. The van der Waals surface area contributed by atoms with Crippen LogP contribution in [-0.2, 0) is 14.3 Å². The van der Waals surface area contributed by atoms with Crippen LogP contribution in [0.2, 0.25) is 0 Å². The number of hydrogen-bond donors (Lipinski definition) is 2. The van der Waals surface area contributed by atoms with E-state index in [-0.39, 0.29) is 23.1 Å². The molecule has 1 saturated heterocycles. The number of amides is 1. The average Bonchev–Trinajstić information content (AvgIpc) is 2.78. The average molecular weight is 336 g/mol. The third-order valence-corrected chi connectivity index (χ3v) is 3.39. The van der Waals surface area contributed by atoms with Crippen LogP contribution in [0.3, 0.4) is 0 Å². The third-order valence-electron chi connectivity index (χ3n) is 3.07. The van der Waals surface area contributed by atoms with Crippen LogP contribution in [-0.4, -0.2) is 47.3 Å². The Labute approximate surface area is 138 Å². The summed E-state index contributed by atoms with van der Waals surface area (Å²) in [6, 6.07) is 4.71. The maximum Gasteiger partial charge on any atom is 0.325 e. The topological polar surface area (TPSA) is 88.1 Å². The van der Waals surface area contributed by atoms with Crippen LogP contribution in [0.5, 0.6) is 11.5 Å². The van der Waals surface area contributed by atoms with E-state index >= 15 is 0 Å². The van der Waals surface area contributed by atoms with E-state index in [9.17, 15) is 14.7 Å². The molecule has 8 heteroatoms. The van der Waals surface area contributed by atoms with Gasteiger partial charge in [-0.05, 0) is 42.9 Å². The van der Waals surface area contributed by atoms with Crippen molar-refractivity contribution in [2.45, 2.75) is 6.92 Å². The summed E-state index contributed by atoms with van der Waals surface area (Å²) in [6.07, 6.45) is 1.56. The minimum Gasteiger partial charge on any atom is -0.504 e. The molecule has 1 aromatic carbocycles. The highest BCUT2D eigenvalue weighted by Gasteiger charge is 2.32. The molecule has 0 saturated carbocycles. The molecule has 2 rings (SSSR count). The molecule has 0 bridgehead atoms. The molecule has 1 amide bonds. The fourth-order valence-electron chi connectivity index (χ4n) is 1.97. The number of esters is 1. The molecule has 0 atom stereocenters. The number of hydrogen-bond acceptors (Lipinski definition) is 6. The first-order chi connectivity index (χ1) is 11.0. The second kappa shape index (κ2) is 7.10. The van der Waals surface area contributed by atoms with Gasteiger partial charge in [-0.25, -0.2) is 0 Å². The molecule has 1 aliphatic rings. The number of rotatable bonds is 5. The lowest BCUT2D eigenvalue weighted by Crippen LogP contribution is -2.35. The lowest BCUT2D eigenvalue weighted by molar-refractivity contribution is -0.143. The van der Waals surface area contributed by atoms with Crippen molar-refractivity contribution in [1.29, 1.82) is 0 Å². The number of thiocarbonyl (C=S) groups is 1. The van der Waals surface area contributed by atoms with Gasteiger partial charge in [-0.1, -0.05) is 6.07 Å². The third kappa shape index (κ3) is 3.78. The van der Waals surface area contributed by atoms with Crippen molar-refractivity contribution in [1.82, 2.24) is 10.2 Å². The maximum absolute atomic E-state index is 12.3. The minimum absolute atomic E-state index is 0.0162. The number of benzene rings is 1. The quantitative estimate of drug-likeness (QED) is 0.471. The zero-order chi connectivity index (χ0) is 17.0. The van der Waals surface area contributed by atoms with Gasteiger partial charge in [0.15, 0.2) is 16.6 Å². The summed E-state index contributed by atoms with van der Waals surface area (Å²) in [4.78, 5) is 24.7. The smallest absolute Gasteiger partial charge is 0.325 e. The summed E-state index contributed by atoms with van der Waals surface area (Å²) >= 11 is 5.05. The summed E-state index contributed by atoms with van der Waals surface area (Å²) in [6.45, 7) is 1.95. The van der Waals surface area contributed by atoms with Crippen LogP contribution in [0.25, 0.3) is 6.08 Å². The first kappa shape index (κ1) is 16.8. The van der Waals surface area contributed by atoms with Crippen LogP contribution in [0.15, 0.2) is 23.9 Å². The molecule has 0 aromatic heterocycles. The second-order valence-electron chi connectivity index (χ2n) is 4.62. The van der Waals surface area contributed by atoms with E-state index in [1.807, 2.05) is 0 Å². The van der Waals surface area contributed by atoms with E-state index in [0.717, 1.165) is 4.90 Å². The van der Waals surface area contributed by atoms with E-state index in [1.54, 1.807) is 25.1 Å². The van der Waals surface area contributed by atoms with Crippen LogP contribution >= 0.6 is 12.2 Å². The standard InChI is InChI=1S/C15H16N2O5S/c1-3-22-12-7-9(4-5-11(12)18)6-10-14(20)17(15(23)16-10)8-13(19)21-2/h4-7,18H,3,8H2,1-2H3,(H,16,23)/b10-6-. The molecule has 0 aliphatic carbocycles. The summed E-state index contributed by atoms with van der Waals surface area (Å²) in [5, 5.41) is 12.6. The van der Waals surface area contributed by atoms with Gasteiger partial charge in [-0.15, -0.1) is 0 Å². The maximum atomic E-state index is 12.3. The van der Waals surface area contributed by atoms with E-state index in [4.69, 9.17) is 17.0 Å². The minimum atomic E-state index is -0.563. The first-order valence-electron chi connectivity index (χ1n) is 6.83. The number of carbonyl (C=O) groups excluding carboxylic acids is 2. The van der Waals surface area contributed by atoms with Gasteiger partial charge in [0.1, 0.15) is 12.2 Å². The number of ether oxygens (including phenoxy) is 2. The van der Waals surface area contributed by atoms with Gasteiger partial charge in [0, 0.05) is 0 Å². The number of nitrogens with zero attached hydrogens (tertiary/aromatic N) is 1. The number of carbonyl (C=O) groups is 2. The van der Waals surface area contributed by atoms with Crippen molar-refractivity contribution in [3.63, 3.8) is 0 Å². The van der Waals surface area contributed by atoms with Gasteiger partial charge in [0.05, 0.1) is 13.7 Å². The van der Waals surface area contributed by atoms with Crippen molar-refractivity contribution in [2.24, 2.45) is 0 Å². The van der Waals surface area contributed by atoms with E-state index in [1.165, 1.54) is 13.2 Å². The normalized spacial score (nSPS) is 15.7. The molecular weight excluding hydrogens is 320 g/mol. The molecule has 2 N–H and O–H groups in total. The van der Waals surface area contributed by atoms with Crippen molar-refractivity contribution >= 4 is 35.3 Å². The van der Waals surface area contributed by atoms with Gasteiger partial charge < -0.3 is 19.9 Å². The van der Waals surface area contributed by atoms with Crippen LogP contribution in [0, 0.1) is 0 Å². The Hall–Kier alpha value is -2.61. The molecule has 1 heterocycles. The van der Waals surface area contributed by atoms with Gasteiger partial charge >= 0.3 is 5.97 Å². The largest absolute Gasteiger partial charge is 0.504 e. The van der Waals surface area contributed by atoms with Gasteiger partial charge in [0.25, 0.3) is 5.91 Å². The van der Waals surface area contributed by atoms with Crippen LogP contribution < -0.4 is 10.1 Å². The molecule has 23 heavy (non-hydrogen) atoms. The Kier molecular flexibility index (Phi) is 5.17. The predicted molar refractivity (Wildman–Crippen MR) is 86.7 cm³/mol. The second-order valence-corrected chi connectivity index (χ2v) is 5.00. The lowest BCUT2D eigenvalue weighted by Gasteiger charge is -2.11. The number of nitrogens with one attached hydrogen (secondary N) is 1. The van der Waals surface area contributed by atoms with E-state index in [2.05, 4.69) is 10.1 Å². The molecule has 0 radical (unpaired) electrons. The molecule has 122 valence electrons. The number of methoxy groups -OCH3 is 1. The van der Waals surface area contributed by atoms with Crippen molar-refractivity contribution in [2.75, 3.05) is 20.3 Å². The van der Waals surface area contributed by atoms with Crippen molar-refractivity contribution in [3.8, 4) is 11.5 Å². The summed E-state index contributed by atoms with van der Waals surface area (Å²) in [7, 11) is 1.24. The van der Waals surface area contributed by atoms with Gasteiger partial charge in [-0.3, -0.25) is 14.5 Å². The summed E-state index contributed by atoms with van der Waals surface area (Å²) in [5.74, 6) is -0.651. The molecule has 0 spiro atoms.